The maximum Gasteiger partial charge on any atom is 0.270 e. The van der Waals surface area contributed by atoms with Crippen molar-refractivity contribution in [2.24, 2.45) is 7.05 Å². The van der Waals surface area contributed by atoms with Crippen LogP contribution in [0.15, 0.2) is 66.2 Å². The Bertz CT molecular complexity index is 1340. The van der Waals surface area contributed by atoms with Crippen molar-refractivity contribution in [2.75, 3.05) is 5.32 Å². The number of anilines is 1. The fourth-order valence-electron chi connectivity index (χ4n) is 3.47. The molecule has 0 unspecified atom stereocenters. The average Bonchev–Trinajstić information content (AvgIpc) is 3.05. The maximum atomic E-state index is 12.6. The Hall–Kier alpha value is -4.11. The quantitative estimate of drug-likeness (QED) is 0.311. The number of rotatable bonds is 3. The first-order valence-corrected chi connectivity index (χ1v) is 9.06. The molecule has 1 amide bonds. The number of amides is 1. The first-order chi connectivity index (χ1) is 14.0. The molecule has 0 saturated carbocycles. The van der Waals surface area contributed by atoms with Gasteiger partial charge in [-0.05, 0) is 36.1 Å². The molecule has 0 spiro atoms. The van der Waals surface area contributed by atoms with Crippen LogP contribution in [0.25, 0.3) is 27.4 Å². The zero-order valence-electron chi connectivity index (χ0n) is 16.0. The summed E-state index contributed by atoms with van der Waals surface area (Å²) in [5, 5.41) is 30.1. The summed E-state index contributed by atoms with van der Waals surface area (Å²) in [4.78, 5) is 12.6. The van der Waals surface area contributed by atoms with Gasteiger partial charge in [-0.15, -0.1) is 0 Å². The van der Waals surface area contributed by atoms with Crippen molar-refractivity contribution in [3.8, 4) is 6.07 Å². The molecule has 0 saturated heterocycles. The van der Waals surface area contributed by atoms with Gasteiger partial charge >= 0.3 is 0 Å². The Labute approximate surface area is 167 Å². The minimum Gasteiger partial charge on any atom is -0.504 e. The van der Waals surface area contributed by atoms with E-state index in [0.29, 0.717) is 11.1 Å². The lowest BCUT2D eigenvalue weighted by Gasteiger charge is -2.06. The molecule has 0 radical (unpaired) electrons. The SMILES string of the molecule is Cc1cccc(NC(=O)C(C#N)=C(O)c2nn(C)c3c2ccc2ccccc23)c1. The van der Waals surface area contributed by atoms with Crippen LogP contribution in [0.3, 0.4) is 0 Å². The lowest BCUT2D eigenvalue weighted by atomic mass is 10.0. The number of aliphatic hydroxyl groups is 1. The highest BCUT2D eigenvalue weighted by Crippen LogP contribution is 2.30. The van der Waals surface area contributed by atoms with E-state index in [4.69, 9.17) is 0 Å². The molecule has 6 nitrogen and oxygen atoms in total. The van der Waals surface area contributed by atoms with Crippen LogP contribution in [-0.2, 0) is 11.8 Å². The fraction of sp³-hybridized carbons (Fsp3) is 0.0870. The number of carbonyl (C=O) groups excluding carboxylic acids is 1. The Morgan fingerprint density at radius 2 is 1.90 bits per heavy atom. The normalized spacial score (nSPS) is 11.9. The van der Waals surface area contributed by atoms with Crippen LogP contribution in [0.5, 0.6) is 0 Å². The van der Waals surface area contributed by atoms with E-state index in [0.717, 1.165) is 21.9 Å². The molecule has 0 bridgehead atoms. The Morgan fingerprint density at radius 3 is 2.66 bits per heavy atom. The number of fused-ring (bicyclic) bond motifs is 3. The van der Waals surface area contributed by atoms with Crippen molar-refractivity contribution in [1.29, 1.82) is 5.26 Å². The summed E-state index contributed by atoms with van der Waals surface area (Å²) in [7, 11) is 1.77. The second-order valence-electron chi connectivity index (χ2n) is 6.81. The summed E-state index contributed by atoms with van der Waals surface area (Å²) < 4.78 is 1.65. The molecule has 3 aromatic carbocycles. The molecule has 1 heterocycles. The van der Waals surface area contributed by atoms with E-state index in [-0.39, 0.29) is 11.3 Å². The first-order valence-electron chi connectivity index (χ1n) is 9.06. The van der Waals surface area contributed by atoms with Crippen LogP contribution >= 0.6 is 0 Å². The van der Waals surface area contributed by atoms with E-state index in [2.05, 4.69) is 10.4 Å². The molecule has 0 atom stereocenters. The zero-order valence-corrected chi connectivity index (χ0v) is 16.0. The molecule has 0 aliphatic heterocycles. The summed E-state index contributed by atoms with van der Waals surface area (Å²) in [5.74, 6) is -1.13. The van der Waals surface area contributed by atoms with Crippen molar-refractivity contribution in [3.63, 3.8) is 0 Å². The van der Waals surface area contributed by atoms with Gasteiger partial charge in [0.1, 0.15) is 11.8 Å². The minimum atomic E-state index is -0.685. The highest BCUT2D eigenvalue weighted by atomic mass is 16.3. The third-order valence-corrected chi connectivity index (χ3v) is 4.81. The van der Waals surface area contributed by atoms with Crippen molar-refractivity contribution in [1.82, 2.24) is 9.78 Å². The number of benzene rings is 3. The zero-order chi connectivity index (χ0) is 20.5. The minimum absolute atomic E-state index is 0.198. The Kier molecular flexibility index (Phi) is 4.49. The number of nitriles is 1. The second kappa shape index (κ2) is 7.13. The van der Waals surface area contributed by atoms with Crippen LogP contribution in [-0.4, -0.2) is 20.8 Å². The lowest BCUT2D eigenvalue weighted by Crippen LogP contribution is -2.15. The average molecular weight is 382 g/mol. The van der Waals surface area contributed by atoms with Crippen molar-refractivity contribution >= 4 is 39.0 Å². The number of aromatic nitrogens is 2. The topological polar surface area (TPSA) is 90.9 Å². The smallest absolute Gasteiger partial charge is 0.270 e. The van der Waals surface area contributed by atoms with Gasteiger partial charge in [0.15, 0.2) is 11.3 Å². The van der Waals surface area contributed by atoms with Gasteiger partial charge < -0.3 is 10.4 Å². The first kappa shape index (κ1) is 18.3. The molecule has 2 N–H and O–H groups in total. The number of nitrogens with zero attached hydrogens (tertiary/aromatic N) is 3. The van der Waals surface area contributed by atoms with Gasteiger partial charge in [0, 0.05) is 23.5 Å². The van der Waals surface area contributed by atoms with Gasteiger partial charge in [0.25, 0.3) is 5.91 Å². The lowest BCUT2D eigenvalue weighted by molar-refractivity contribution is -0.112. The van der Waals surface area contributed by atoms with Crippen LogP contribution in [0.4, 0.5) is 5.69 Å². The van der Waals surface area contributed by atoms with Crippen molar-refractivity contribution in [2.45, 2.75) is 6.92 Å². The molecule has 142 valence electrons. The fourth-order valence-corrected chi connectivity index (χ4v) is 3.47. The van der Waals surface area contributed by atoms with E-state index in [9.17, 15) is 15.2 Å². The third kappa shape index (κ3) is 3.19. The number of carbonyl (C=O) groups is 1. The maximum absolute atomic E-state index is 12.6. The summed E-state index contributed by atoms with van der Waals surface area (Å²) >= 11 is 0. The summed E-state index contributed by atoms with van der Waals surface area (Å²) in [6.07, 6.45) is 0. The highest BCUT2D eigenvalue weighted by molar-refractivity contribution is 6.14. The summed E-state index contributed by atoms with van der Waals surface area (Å²) in [5.41, 5.74) is 2.15. The number of aryl methyl sites for hydroxylation is 2. The summed E-state index contributed by atoms with van der Waals surface area (Å²) in [6, 6.07) is 20.6. The van der Waals surface area contributed by atoms with E-state index in [1.807, 2.05) is 55.5 Å². The molecular weight excluding hydrogens is 364 g/mol. The van der Waals surface area contributed by atoms with E-state index in [1.54, 1.807) is 29.9 Å². The molecule has 4 rings (SSSR count). The molecule has 0 aliphatic rings. The van der Waals surface area contributed by atoms with Gasteiger partial charge in [0.2, 0.25) is 0 Å². The molecular formula is C23H18N4O2. The molecule has 6 heteroatoms. The van der Waals surface area contributed by atoms with Crippen LogP contribution in [0, 0.1) is 18.3 Å². The van der Waals surface area contributed by atoms with Crippen LogP contribution in [0.1, 0.15) is 11.3 Å². The monoisotopic (exact) mass is 382 g/mol. The third-order valence-electron chi connectivity index (χ3n) is 4.81. The Morgan fingerprint density at radius 1 is 1.10 bits per heavy atom. The van der Waals surface area contributed by atoms with Gasteiger partial charge in [-0.2, -0.15) is 10.4 Å². The Balaban J connectivity index is 1.83. The van der Waals surface area contributed by atoms with Gasteiger partial charge in [-0.3, -0.25) is 9.48 Å². The number of hydrogen-bond donors (Lipinski definition) is 2. The van der Waals surface area contributed by atoms with E-state index < -0.39 is 11.7 Å². The van der Waals surface area contributed by atoms with Crippen LogP contribution < -0.4 is 5.32 Å². The van der Waals surface area contributed by atoms with Crippen molar-refractivity contribution < 1.29 is 9.90 Å². The highest BCUT2D eigenvalue weighted by Gasteiger charge is 2.22. The largest absolute Gasteiger partial charge is 0.504 e. The van der Waals surface area contributed by atoms with Crippen LogP contribution in [0.2, 0.25) is 0 Å². The summed E-state index contributed by atoms with van der Waals surface area (Å²) in [6.45, 7) is 1.90. The van der Waals surface area contributed by atoms with E-state index >= 15 is 0 Å². The van der Waals surface area contributed by atoms with E-state index in [1.165, 1.54) is 0 Å². The predicted octanol–water partition coefficient (Wildman–Crippen LogP) is 4.47. The van der Waals surface area contributed by atoms with Crippen molar-refractivity contribution in [3.05, 3.63) is 77.5 Å². The molecule has 0 aliphatic carbocycles. The van der Waals surface area contributed by atoms with Gasteiger partial charge in [0.05, 0.1) is 5.52 Å². The second-order valence-corrected chi connectivity index (χ2v) is 6.81. The molecule has 0 fully saturated rings. The molecule has 29 heavy (non-hydrogen) atoms. The number of nitrogens with one attached hydrogen (secondary N) is 1. The molecule has 1 aromatic heterocycles. The standard InChI is InChI=1S/C23H18N4O2/c1-14-6-5-8-16(12-14)25-23(29)19(13-24)22(28)20-18-11-10-15-7-3-4-9-17(15)21(18)27(2)26-20/h3-12,28H,1-2H3,(H,25,29). The van der Waals surface area contributed by atoms with Gasteiger partial charge in [-0.1, -0.05) is 42.5 Å². The number of aliphatic hydroxyl groups excluding tert-OH is 1. The van der Waals surface area contributed by atoms with Gasteiger partial charge in [-0.25, -0.2) is 0 Å². The predicted molar refractivity (Wildman–Crippen MR) is 113 cm³/mol. The number of hydrogen-bond acceptors (Lipinski definition) is 4. The molecule has 4 aromatic rings.